The smallest absolute Gasteiger partial charge is 0.293 e. The minimum atomic E-state index is -0.995. The second-order valence-electron chi connectivity index (χ2n) is 7.45. The molecule has 0 radical (unpaired) electrons. The Morgan fingerprint density at radius 2 is 1.81 bits per heavy atom. The van der Waals surface area contributed by atoms with Crippen molar-refractivity contribution in [2.45, 2.75) is 25.7 Å². The zero-order valence-corrected chi connectivity index (χ0v) is 19.0. The maximum absolute atomic E-state index is 12.8. The third kappa shape index (κ3) is 4.53. The lowest BCUT2D eigenvalue weighted by molar-refractivity contribution is -0.128. The average molecular weight is 460 g/mol. The van der Waals surface area contributed by atoms with E-state index in [1.165, 1.54) is 21.3 Å². The van der Waals surface area contributed by atoms with Crippen molar-refractivity contribution in [3.8, 4) is 23.3 Å². The van der Waals surface area contributed by atoms with Crippen molar-refractivity contribution in [3.05, 3.63) is 22.6 Å². The second-order valence-corrected chi connectivity index (χ2v) is 8.44. The molecule has 1 aliphatic carbocycles. The number of ether oxygens (including phenoxy) is 3. The lowest BCUT2D eigenvalue weighted by atomic mass is 9.87. The number of nitriles is 1. The molecule has 1 saturated carbocycles. The van der Waals surface area contributed by atoms with Crippen molar-refractivity contribution in [1.29, 1.82) is 5.26 Å². The summed E-state index contributed by atoms with van der Waals surface area (Å²) in [7, 11) is 4.48. The molecular weight excluding hydrogens is 434 g/mol. The van der Waals surface area contributed by atoms with Gasteiger partial charge in [-0.2, -0.15) is 5.26 Å². The lowest BCUT2D eigenvalue weighted by Gasteiger charge is -2.20. The number of methoxy groups -OCH3 is 3. The maximum atomic E-state index is 12.8. The number of hydrogen-bond donors (Lipinski definition) is 1. The van der Waals surface area contributed by atoms with Gasteiger partial charge in [0.2, 0.25) is 11.7 Å². The molecule has 2 fully saturated rings. The summed E-state index contributed by atoms with van der Waals surface area (Å²) in [5.41, 5.74) is -0.388. The van der Waals surface area contributed by atoms with E-state index in [0.717, 1.165) is 29.5 Å². The molecule has 1 aliphatic heterocycles. The van der Waals surface area contributed by atoms with E-state index in [0.29, 0.717) is 35.7 Å². The number of nitrogens with zero attached hydrogens (tertiary/aromatic N) is 2. The van der Waals surface area contributed by atoms with Crippen LogP contribution in [-0.2, 0) is 9.59 Å². The summed E-state index contributed by atoms with van der Waals surface area (Å²) >= 11 is 0.822. The molecular formula is C22H25N3O6S. The van der Waals surface area contributed by atoms with Gasteiger partial charge in [-0.05, 0) is 48.4 Å². The number of hydrogen-bond acceptors (Lipinski definition) is 8. The normalized spacial score (nSPS) is 18.6. The first-order chi connectivity index (χ1) is 15.4. The van der Waals surface area contributed by atoms with Crippen LogP contribution in [0.1, 0.15) is 31.2 Å². The average Bonchev–Trinajstić information content (AvgIpc) is 3.39. The standard InChI is InChI=1S/C22H25N3O6S/c1-29-15-10-14(11-16(30-2)18(15)31-3)12-17-19(26)25(21(28)32-17)9-8-24-20(27)22(13-23)6-4-5-7-22/h10-12H,4-9H2,1-3H3,(H,24,27)/b17-12+. The molecule has 1 saturated heterocycles. The molecule has 0 atom stereocenters. The van der Waals surface area contributed by atoms with Gasteiger partial charge >= 0.3 is 0 Å². The fourth-order valence-electron chi connectivity index (χ4n) is 3.85. The molecule has 2 aliphatic rings. The zero-order chi connectivity index (χ0) is 23.3. The summed E-state index contributed by atoms with van der Waals surface area (Å²) in [6.45, 7) is 0.127. The third-order valence-corrected chi connectivity index (χ3v) is 6.49. The monoisotopic (exact) mass is 459 g/mol. The zero-order valence-electron chi connectivity index (χ0n) is 18.2. The van der Waals surface area contributed by atoms with E-state index in [1.54, 1.807) is 18.2 Å². The predicted octanol–water partition coefficient (Wildman–Crippen LogP) is 2.95. The summed E-state index contributed by atoms with van der Waals surface area (Å²) in [6.07, 6.45) is 4.34. The molecule has 1 heterocycles. The van der Waals surface area contributed by atoms with Crippen molar-refractivity contribution >= 4 is 34.9 Å². The van der Waals surface area contributed by atoms with Crippen LogP contribution in [0.5, 0.6) is 17.2 Å². The van der Waals surface area contributed by atoms with Gasteiger partial charge in [-0.25, -0.2) is 0 Å². The van der Waals surface area contributed by atoms with E-state index in [-0.39, 0.29) is 23.9 Å². The van der Waals surface area contributed by atoms with Gasteiger partial charge in [0.15, 0.2) is 11.5 Å². The highest BCUT2D eigenvalue weighted by molar-refractivity contribution is 8.18. The van der Waals surface area contributed by atoms with Crippen LogP contribution in [0.25, 0.3) is 6.08 Å². The van der Waals surface area contributed by atoms with E-state index in [2.05, 4.69) is 11.4 Å². The van der Waals surface area contributed by atoms with Crippen LogP contribution in [0.4, 0.5) is 4.79 Å². The highest BCUT2D eigenvalue weighted by atomic mass is 32.2. The molecule has 1 aromatic rings. The molecule has 0 aromatic heterocycles. The van der Waals surface area contributed by atoms with Gasteiger partial charge < -0.3 is 19.5 Å². The Labute approximate surface area is 190 Å². The van der Waals surface area contributed by atoms with Gasteiger partial charge in [0.05, 0.1) is 32.3 Å². The van der Waals surface area contributed by atoms with E-state index in [9.17, 15) is 19.6 Å². The predicted molar refractivity (Wildman–Crippen MR) is 118 cm³/mol. The van der Waals surface area contributed by atoms with E-state index in [4.69, 9.17) is 14.2 Å². The Kier molecular flexibility index (Phi) is 7.30. The van der Waals surface area contributed by atoms with Crippen LogP contribution < -0.4 is 19.5 Å². The summed E-state index contributed by atoms with van der Waals surface area (Å²) in [6, 6.07) is 5.49. The molecule has 0 unspecified atom stereocenters. The van der Waals surface area contributed by atoms with E-state index in [1.807, 2.05) is 0 Å². The van der Waals surface area contributed by atoms with Gasteiger partial charge in [-0.15, -0.1) is 0 Å². The van der Waals surface area contributed by atoms with Crippen molar-refractivity contribution in [2.75, 3.05) is 34.4 Å². The quantitative estimate of drug-likeness (QED) is 0.590. The number of thioether (sulfide) groups is 1. The minimum Gasteiger partial charge on any atom is -0.493 e. The van der Waals surface area contributed by atoms with Gasteiger partial charge in [-0.3, -0.25) is 19.3 Å². The Balaban J connectivity index is 1.69. The van der Waals surface area contributed by atoms with E-state index < -0.39 is 16.6 Å². The largest absolute Gasteiger partial charge is 0.493 e. The molecule has 0 bridgehead atoms. The van der Waals surface area contributed by atoms with Gasteiger partial charge in [-0.1, -0.05) is 12.8 Å². The number of benzene rings is 1. The minimum absolute atomic E-state index is 0.0323. The first kappa shape index (κ1) is 23.5. The highest BCUT2D eigenvalue weighted by Gasteiger charge is 2.41. The second kappa shape index (κ2) is 9.96. The summed E-state index contributed by atoms with van der Waals surface area (Å²) in [5, 5.41) is 11.7. The van der Waals surface area contributed by atoms with Crippen LogP contribution in [-0.4, -0.2) is 56.4 Å². The topological polar surface area (TPSA) is 118 Å². The number of rotatable bonds is 8. The maximum Gasteiger partial charge on any atom is 0.293 e. The number of imide groups is 1. The van der Waals surface area contributed by atoms with Gasteiger partial charge in [0, 0.05) is 13.1 Å². The van der Waals surface area contributed by atoms with Crippen LogP contribution in [0.15, 0.2) is 17.0 Å². The highest BCUT2D eigenvalue weighted by Crippen LogP contribution is 2.40. The summed E-state index contributed by atoms with van der Waals surface area (Å²) in [4.78, 5) is 38.9. The molecule has 10 heteroatoms. The van der Waals surface area contributed by atoms with Crippen molar-refractivity contribution in [2.24, 2.45) is 5.41 Å². The number of carbonyl (C=O) groups excluding carboxylic acids is 3. The Hall–Kier alpha value is -3.19. The van der Waals surface area contributed by atoms with Gasteiger partial charge in [0.1, 0.15) is 5.41 Å². The van der Waals surface area contributed by atoms with Crippen molar-refractivity contribution < 1.29 is 28.6 Å². The molecule has 1 N–H and O–H groups in total. The molecule has 3 amide bonds. The molecule has 32 heavy (non-hydrogen) atoms. The molecule has 3 rings (SSSR count). The van der Waals surface area contributed by atoms with Crippen LogP contribution in [0, 0.1) is 16.7 Å². The van der Waals surface area contributed by atoms with E-state index >= 15 is 0 Å². The SMILES string of the molecule is COc1cc(/C=C2/SC(=O)N(CCNC(=O)C3(C#N)CCCC3)C2=O)cc(OC)c1OC. The lowest BCUT2D eigenvalue weighted by Crippen LogP contribution is -2.43. The van der Waals surface area contributed by atoms with Crippen LogP contribution >= 0.6 is 11.8 Å². The number of nitrogens with one attached hydrogen (secondary N) is 1. The first-order valence-electron chi connectivity index (χ1n) is 10.1. The Morgan fingerprint density at radius 1 is 1.19 bits per heavy atom. The Bertz CT molecular complexity index is 969. The third-order valence-electron chi connectivity index (χ3n) is 5.59. The van der Waals surface area contributed by atoms with Gasteiger partial charge in [0.25, 0.3) is 11.1 Å². The van der Waals surface area contributed by atoms with Crippen LogP contribution in [0.3, 0.4) is 0 Å². The molecule has 1 aromatic carbocycles. The van der Waals surface area contributed by atoms with Crippen LogP contribution in [0.2, 0.25) is 0 Å². The molecule has 0 spiro atoms. The first-order valence-corrected chi connectivity index (χ1v) is 11.0. The molecule has 170 valence electrons. The van der Waals surface area contributed by atoms with Crippen molar-refractivity contribution in [3.63, 3.8) is 0 Å². The fourth-order valence-corrected chi connectivity index (χ4v) is 4.71. The summed E-state index contributed by atoms with van der Waals surface area (Å²) < 4.78 is 15.9. The molecule has 9 nitrogen and oxygen atoms in total. The Morgan fingerprint density at radius 3 is 2.34 bits per heavy atom. The fraction of sp³-hybridized carbons (Fsp3) is 0.455. The summed E-state index contributed by atoms with van der Waals surface area (Å²) in [5.74, 6) is 0.501. The van der Waals surface area contributed by atoms with Crippen molar-refractivity contribution in [1.82, 2.24) is 10.2 Å². The number of amides is 3. The number of carbonyl (C=O) groups is 3.